The van der Waals surface area contributed by atoms with Gasteiger partial charge in [-0.1, -0.05) is 61.7 Å². The van der Waals surface area contributed by atoms with Gasteiger partial charge in [0.25, 0.3) is 0 Å². The molecule has 2 bridgehead atoms. The van der Waals surface area contributed by atoms with Crippen molar-refractivity contribution in [2.75, 3.05) is 12.4 Å². The Balaban J connectivity index is 1.32. The van der Waals surface area contributed by atoms with Crippen molar-refractivity contribution >= 4 is 35.0 Å². The lowest BCUT2D eigenvalue weighted by Crippen LogP contribution is -2.57. The fraction of sp³-hybridized carbons (Fsp3) is 0.452. The van der Waals surface area contributed by atoms with Gasteiger partial charge in [-0.3, -0.25) is 14.4 Å². The van der Waals surface area contributed by atoms with Gasteiger partial charge in [0.05, 0.1) is 25.0 Å². The highest BCUT2D eigenvalue weighted by Gasteiger charge is 2.72. The third-order valence-corrected chi connectivity index (χ3v) is 9.22. The maximum Gasteiger partial charge on any atom is 0.246 e. The van der Waals surface area contributed by atoms with Crippen molar-refractivity contribution < 1.29 is 23.9 Å². The Hall–Kier alpha value is -3.36. The summed E-state index contributed by atoms with van der Waals surface area (Å²) in [7, 11) is 1.56. The predicted octanol–water partition coefficient (Wildman–Crippen LogP) is 4.33. The summed E-state index contributed by atoms with van der Waals surface area (Å²) >= 11 is 6.10. The highest BCUT2D eigenvalue weighted by molar-refractivity contribution is 6.30. The van der Waals surface area contributed by atoms with E-state index in [1.165, 1.54) is 0 Å². The van der Waals surface area contributed by atoms with Crippen molar-refractivity contribution in [3.63, 3.8) is 0 Å². The molecule has 0 aromatic heterocycles. The van der Waals surface area contributed by atoms with Gasteiger partial charge in [-0.2, -0.15) is 0 Å². The number of fused-ring (bicyclic) bond motifs is 1. The molecule has 1 saturated carbocycles. The summed E-state index contributed by atoms with van der Waals surface area (Å²) in [5, 5.41) is 6.79. The molecule has 8 nitrogen and oxygen atoms in total. The van der Waals surface area contributed by atoms with Gasteiger partial charge in [0.15, 0.2) is 0 Å². The predicted molar refractivity (Wildman–Crippen MR) is 151 cm³/mol. The molecule has 3 amide bonds. The molecular formula is C31H34ClN3O5. The molecule has 2 aromatic carbocycles. The van der Waals surface area contributed by atoms with Crippen LogP contribution in [0.25, 0.3) is 0 Å². The van der Waals surface area contributed by atoms with Gasteiger partial charge in [0, 0.05) is 29.4 Å². The van der Waals surface area contributed by atoms with Crippen molar-refractivity contribution in [3.8, 4) is 5.75 Å². The lowest BCUT2D eigenvalue weighted by atomic mass is 9.74. The van der Waals surface area contributed by atoms with Gasteiger partial charge in [-0.15, -0.1) is 0 Å². The summed E-state index contributed by atoms with van der Waals surface area (Å²) in [4.78, 5) is 43.5. The van der Waals surface area contributed by atoms with Crippen LogP contribution in [0.1, 0.15) is 38.2 Å². The average molecular weight is 564 g/mol. The number of nitrogens with one attached hydrogen (secondary N) is 2. The molecule has 2 saturated heterocycles. The Morgan fingerprint density at radius 2 is 1.90 bits per heavy atom. The zero-order valence-electron chi connectivity index (χ0n) is 22.6. The number of benzene rings is 2. The van der Waals surface area contributed by atoms with Crippen LogP contribution in [0.3, 0.4) is 0 Å². The van der Waals surface area contributed by atoms with Crippen LogP contribution in [0.5, 0.6) is 5.75 Å². The van der Waals surface area contributed by atoms with Crippen molar-refractivity contribution in [2.24, 2.45) is 17.8 Å². The summed E-state index contributed by atoms with van der Waals surface area (Å²) < 4.78 is 11.8. The Kier molecular flexibility index (Phi) is 7.09. The molecule has 3 aliphatic heterocycles. The summed E-state index contributed by atoms with van der Waals surface area (Å²) in [6.07, 6.45) is 7.25. The van der Waals surface area contributed by atoms with Gasteiger partial charge in [0.1, 0.15) is 17.4 Å². The lowest BCUT2D eigenvalue weighted by Gasteiger charge is -2.36. The number of carbonyl (C=O) groups is 3. The molecule has 9 heteroatoms. The number of halogens is 1. The molecule has 4 aliphatic rings. The van der Waals surface area contributed by atoms with Crippen molar-refractivity contribution in [2.45, 2.75) is 62.9 Å². The molecule has 210 valence electrons. The monoisotopic (exact) mass is 563 g/mol. The normalized spacial score (nSPS) is 32.2. The Morgan fingerprint density at radius 1 is 1.12 bits per heavy atom. The third-order valence-electron chi connectivity index (χ3n) is 8.97. The van der Waals surface area contributed by atoms with E-state index in [0.29, 0.717) is 22.4 Å². The summed E-state index contributed by atoms with van der Waals surface area (Å²) in [5.41, 5.74) is 0.190. The first-order valence-electron chi connectivity index (χ1n) is 14.0. The first kappa shape index (κ1) is 26.8. The molecule has 6 rings (SSSR count). The van der Waals surface area contributed by atoms with E-state index in [0.717, 1.165) is 31.2 Å². The zero-order valence-corrected chi connectivity index (χ0v) is 23.4. The Bertz CT molecular complexity index is 1350. The largest absolute Gasteiger partial charge is 0.497 e. The molecular weight excluding hydrogens is 530 g/mol. The molecule has 3 fully saturated rings. The molecule has 0 unspecified atom stereocenters. The number of amides is 3. The maximum absolute atomic E-state index is 14.2. The smallest absolute Gasteiger partial charge is 0.246 e. The number of likely N-dealkylation sites (tertiary alicyclic amines) is 1. The number of carbonyl (C=O) groups excluding carboxylic acids is 3. The minimum Gasteiger partial charge on any atom is -0.497 e. The summed E-state index contributed by atoms with van der Waals surface area (Å²) in [5.74, 6) is -1.45. The van der Waals surface area contributed by atoms with Crippen LogP contribution in [-0.4, -0.2) is 53.5 Å². The van der Waals surface area contributed by atoms with E-state index < -0.39 is 29.6 Å². The molecule has 0 radical (unpaired) electrons. The standard InChI is InChI=1S/C31H34ClN3O5/c1-18-6-3-4-9-23(18)34-29(37)27-31-15-14-24(40-31)25(28(36)33-21-7-5-8-22(16-21)39-2)26(31)30(38)35(27)17-19-10-12-20(32)13-11-19/h5,7-8,10-16,18,23-27H,3-4,6,9,17H2,1-2H3,(H,33,36)(H,34,37)/t18-,23-,24-,25+,26-,27-,31-/m1/s1. The molecule has 40 heavy (non-hydrogen) atoms. The van der Waals surface area contributed by atoms with E-state index in [4.69, 9.17) is 21.1 Å². The van der Waals surface area contributed by atoms with Crippen LogP contribution in [-0.2, 0) is 25.7 Å². The van der Waals surface area contributed by atoms with Crippen LogP contribution in [0.15, 0.2) is 60.7 Å². The fourth-order valence-corrected chi connectivity index (χ4v) is 7.07. The highest BCUT2D eigenvalue weighted by atomic mass is 35.5. The van der Waals surface area contributed by atoms with Crippen molar-refractivity contribution in [1.82, 2.24) is 10.2 Å². The number of nitrogens with zero attached hydrogens (tertiary/aromatic N) is 1. The molecule has 1 aliphatic carbocycles. The Morgan fingerprint density at radius 3 is 2.65 bits per heavy atom. The van der Waals surface area contributed by atoms with Gasteiger partial charge in [0.2, 0.25) is 17.7 Å². The third kappa shape index (κ3) is 4.57. The number of methoxy groups -OCH3 is 1. The number of hydrogen-bond acceptors (Lipinski definition) is 5. The minimum absolute atomic E-state index is 0.0407. The second-order valence-electron chi connectivity index (χ2n) is 11.4. The summed E-state index contributed by atoms with van der Waals surface area (Å²) in [6, 6.07) is 13.4. The van der Waals surface area contributed by atoms with Gasteiger partial charge in [-0.25, -0.2) is 0 Å². The quantitative estimate of drug-likeness (QED) is 0.489. The van der Waals surface area contributed by atoms with Crippen LogP contribution < -0.4 is 15.4 Å². The second kappa shape index (κ2) is 10.6. The minimum atomic E-state index is -1.22. The van der Waals surface area contributed by atoms with E-state index in [1.807, 2.05) is 24.3 Å². The molecule has 2 aromatic rings. The molecule has 1 spiro atoms. The SMILES string of the molecule is COc1cccc(NC(=O)[C@H]2[C@H]3C=C[C@@]4(O3)[C@H]2C(=O)N(Cc2ccc(Cl)cc2)[C@@H]4C(=O)N[C@@H]2CCCC[C@H]2C)c1. The lowest BCUT2D eigenvalue weighted by molar-refractivity contribution is -0.142. The van der Waals surface area contributed by atoms with Crippen LogP contribution >= 0.6 is 11.6 Å². The van der Waals surface area contributed by atoms with Gasteiger partial charge >= 0.3 is 0 Å². The zero-order chi connectivity index (χ0) is 28.0. The fourth-order valence-electron chi connectivity index (χ4n) is 6.94. The number of hydrogen-bond donors (Lipinski definition) is 2. The van der Waals surface area contributed by atoms with E-state index in [2.05, 4.69) is 17.6 Å². The average Bonchev–Trinajstić information content (AvgIpc) is 3.59. The number of anilines is 1. The van der Waals surface area contributed by atoms with Crippen LogP contribution in [0.4, 0.5) is 5.69 Å². The Labute approximate surface area is 239 Å². The van der Waals surface area contributed by atoms with E-state index >= 15 is 0 Å². The highest BCUT2D eigenvalue weighted by Crippen LogP contribution is 2.55. The number of ether oxygens (including phenoxy) is 2. The first-order chi connectivity index (χ1) is 19.3. The van der Waals surface area contributed by atoms with E-state index in [-0.39, 0.29) is 30.3 Å². The van der Waals surface area contributed by atoms with Gasteiger partial charge < -0.3 is 25.0 Å². The van der Waals surface area contributed by atoms with E-state index in [1.54, 1.807) is 48.4 Å². The summed E-state index contributed by atoms with van der Waals surface area (Å²) in [6.45, 7) is 2.37. The van der Waals surface area contributed by atoms with Gasteiger partial charge in [-0.05, 0) is 48.6 Å². The molecule has 2 N–H and O–H groups in total. The topological polar surface area (TPSA) is 97.0 Å². The second-order valence-corrected chi connectivity index (χ2v) is 11.8. The van der Waals surface area contributed by atoms with Crippen LogP contribution in [0.2, 0.25) is 5.02 Å². The van der Waals surface area contributed by atoms with Crippen molar-refractivity contribution in [1.29, 1.82) is 0 Å². The molecule has 7 atom stereocenters. The molecule has 3 heterocycles. The number of rotatable bonds is 7. The maximum atomic E-state index is 14.2. The van der Waals surface area contributed by atoms with Crippen molar-refractivity contribution in [3.05, 3.63) is 71.3 Å². The first-order valence-corrected chi connectivity index (χ1v) is 14.4. The van der Waals surface area contributed by atoms with Crippen LogP contribution in [0, 0.1) is 17.8 Å². The van der Waals surface area contributed by atoms with E-state index in [9.17, 15) is 14.4 Å².